The van der Waals surface area contributed by atoms with Gasteiger partial charge in [0.25, 0.3) is 6.43 Å². The standard InChI is InChI=1S/C21H16F3N3O2/c1-28-18-8-3-12(9-19(18)29-2)17-10-15(20(23)24)16-11-25-27(21(16)26-17)14-6-4-13(22)5-7-14/h3-11,20H,1-2H3. The minimum Gasteiger partial charge on any atom is -0.493 e. The highest BCUT2D eigenvalue weighted by atomic mass is 19.3. The molecule has 5 nitrogen and oxygen atoms in total. The molecule has 0 atom stereocenters. The summed E-state index contributed by atoms with van der Waals surface area (Å²) in [7, 11) is 3.00. The maximum absolute atomic E-state index is 13.8. The number of aromatic nitrogens is 3. The molecule has 0 fully saturated rings. The maximum atomic E-state index is 13.8. The molecule has 2 aromatic heterocycles. The molecule has 4 rings (SSSR count). The van der Waals surface area contributed by atoms with Crippen LogP contribution in [0.4, 0.5) is 13.2 Å². The summed E-state index contributed by atoms with van der Waals surface area (Å²) >= 11 is 0. The molecule has 0 saturated heterocycles. The average Bonchev–Trinajstić information content (AvgIpc) is 3.16. The number of methoxy groups -OCH3 is 2. The van der Waals surface area contributed by atoms with Crippen LogP contribution >= 0.6 is 0 Å². The van der Waals surface area contributed by atoms with Crippen molar-refractivity contribution < 1.29 is 22.6 Å². The van der Waals surface area contributed by atoms with Crippen LogP contribution in [0, 0.1) is 5.82 Å². The summed E-state index contributed by atoms with van der Waals surface area (Å²) in [5, 5.41) is 4.42. The summed E-state index contributed by atoms with van der Waals surface area (Å²) in [4.78, 5) is 4.56. The third-order valence-corrected chi connectivity index (χ3v) is 4.56. The van der Waals surface area contributed by atoms with Gasteiger partial charge in [0.1, 0.15) is 5.82 Å². The maximum Gasteiger partial charge on any atom is 0.264 e. The fraction of sp³-hybridized carbons (Fsp3) is 0.143. The number of benzene rings is 2. The third-order valence-electron chi connectivity index (χ3n) is 4.56. The van der Waals surface area contributed by atoms with Crippen molar-refractivity contribution in [1.82, 2.24) is 14.8 Å². The molecule has 2 aromatic carbocycles. The number of ether oxygens (including phenoxy) is 2. The topological polar surface area (TPSA) is 49.2 Å². The van der Waals surface area contributed by atoms with E-state index in [0.717, 1.165) is 0 Å². The first kappa shape index (κ1) is 18.8. The first-order chi connectivity index (χ1) is 14.0. The number of alkyl halides is 2. The highest BCUT2D eigenvalue weighted by molar-refractivity contribution is 5.84. The molecule has 0 N–H and O–H groups in total. The van der Waals surface area contributed by atoms with Crippen LogP contribution in [0.5, 0.6) is 11.5 Å². The van der Waals surface area contributed by atoms with Crippen molar-refractivity contribution >= 4 is 11.0 Å². The van der Waals surface area contributed by atoms with Crippen molar-refractivity contribution in [2.75, 3.05) is 14.2 Å². The lowest BCUT2D eigenvalue weighted by Crippen LogP contribution is -2.00. The molecule has 2 heterocycles. The van der Waals surface area contributed by atoms with E-state index in [1.165, 1.54) is 55.4 Å². The number of pyridine rings is 1. The van der Waals surface area contributed by atoms with E-state index in [1.807, 2.05) is 0 Å². The Bertz CT molecular complexity index is 1170. The molecule has 148 valence electrons. The molecule has 0 amide bonds. The molecule has 0 bridgehead atoms. The summed E-state index contributed by atoms with van der Waals surface area (Å²) in [6.45, 7) is 0. The van der Waals surface area contributed by atoms with E-state index in [9.17, 15) is 13.2 Å². The van der Waals surface area contributed by atoms with E-state index in [1.54, 1.807) is 18.2 Å². The Balaban J connectivity index is 1.94. The molecule has 0 aliphatic heterocycles. The predicted octanol–water partition coefficient (Wildman–Crippen LogP) is 5.18. The molecule has 0 saturated carbocycles. The second kappa shape index (κ2) is 7.46. The minimum atomic E-state index is -2.72. The van der Waals surface area contributed by atoms with Gasteiger partial charge in [-0.25, -0.2) is 22.8 Å². The van der Waals surface area contributed by atoms with Crippen LogP contribution in [-0.2, 0) is 0 Å². The van der Waals surface area contributed by atoms with E-state index in [2.05, 4.69) is 10.1 Å². The molecule has 8 heteroatoms. The largest absolute Gasteiger partial charge is 0.493 e. The van der Waals surface area contributed by atoms with Gasteiger partial charge in [-0.15, -0.1) is 0 Å². The van der Waals surface area contributed by atoms with Gasteiger partial charge in [0.2, 0.25) is 0 Å². The number of hydrogen-bond donors (Lipinski definition) is 0. The van der Waals surface area contributed by atoms with Crippen LogP contribution in [-0.4, -0.2) is 29.0 Å². The number of hydrogen-bond acceptors (Lipinski definition) is 4. The van der Waals surface area contributed by atoms with Crippen LogP contribution in [0.3, 0.4) is 0 Å². The second-order valence-corrected chi connectivity index (χ2v) is 6.24. The predicted molar refractivity (Wildman–Crippen MR) is 102 cm³/mol. The zero-order valence-electron chi connectivity index (χ0n) is 15.6. The van der Waals surface area contributed by atoms with E-state index >= 15 is 0 Å². The van der Waals surface area contributed by atoms with Gasteiger partial charge in [-0.3, -0.25) is 0 Å². The molecule has 0 radical (unpaired) electrons. The number of halogens is 3. The Morgan fingerprint density at radius 1 is 0.931 bits per heavy atom. The van der Waals surface area contributed by atoms with Gasteiger partial charge in [-0.2, -0.15) is 5.10 Å². The van der Waals surface area contributed by atoms with Gasteiger partial charge in [0, 0.05) is 16.5 Å². The van der Waals surface area contributed by atoms with Gasteiger partial charge in [0.15, 0.2) is 17.1 Å². The monoisotopic (exact) mass is 399 g/mol. The summed E-state index contributed by atoms with van der Waals surface area (Å²) in [6.07, 6.45) is -1.38. The van der Waals surface area contributed by atoms with E-state index < -0.39 is 12.2 Å². The summed E-state index contributed by atoms with van der Waals surface area (Å²) in [6, 6.07) is 12.0. The fourth-order valence-electron chi connectivity index (χ4n) is 3.12. The van der Waals surface area contributed by atoms with Gasteiger partial charge in [0.05, 0.1) is 31.8 Å². The van der Waals surface area contributed by atoms with Gasteiger partial charge < -0.3 is 9.47 Å². The van der Waals surface area contributed by atoms with Crippen molar-refractivity contribution in [3.63, 3.8) is 0 Å². The molecule has 0 aliphatic carbocycles. The first-order valence-electron chi connectivity index (χ1n) is 8.67. The molecular weight excluding hydrogens is 383 g/mol. The second-order valence-electron chi connectivity index (χ2n) is 6.24. The molecular formula is C21H16F3N3O2. The summed E-state index contributed by atoms with van der Waals surface area (Å²) in [5.41, 5.74) is 1.49. The van der Waals surface area contributed by atoms with Crippen molar-refractivity contribution in [2.45, 2.75) is 6.43 Å². The van der Waals surface area contributed by atoms with Crippen LogP contribution < -0.4 is 9.47 Å². The molecule has 0 unspecified atom stereocenters. The highest BCUT2D eigenvalue weighted by Gasteiger charge is 2.19. The normalized spacial score (nSPS) is 11.2. The van der Waals surface area contributed by atoms with Crippen LogP contribution in [0.1, 0.15) is 12.0 Å². The van der Waals surface area contributed by atoms with Crippen LogP contribution in [0.2, 0.25) is 0 Å². The average molecular weight is 399 g/mol. The Morgan fingerprint density at radius 2 is 1.66 bits per heavy atom. The van der Waals surface area contributed by atoms with Crippen LogP contribution in [0.25, 0.3) is 28.0 Å². The SMILES string of the molecule is COc1ccc(-c2cc(C(F)F)c3cnn(-c4ccc(F)cc4)c3n2)cc1OC. The number of nitrogens with zero attached hydrogens (tertiary/aromatic N) is 3. The van der Waals surface area contributed by atoms with Gasteiger partial charge in [-0.05, 0) is 48.5 Å². The highest BCUT2D eigenvalue weighted by Crippen LogP contribution is 2.35. The smallest absolute Gasteiger partial charge is 0.264 e. The molecule has 29 heavy (non-hydrogen) atoms. The number of fused-ring (bicyclic) bond motifs is 1. The molecule has 0 spiro atoms. The van der Waals surface area contributed by atoms with Crippen molar-refractivity contribution in [1.29, 1.82) is 0 Å². The Hall–Kier alpha value is -3.55. The van der Waals surface area contributed by atoms with Crippen molar-refractivity contribution in [3.8, 4) is 28.4 Å². The van der Waals surface area contributed by atoms with Gasteiger partial charge >= 0.3 is 0 Å². The number of rotatable bonds is 5. The first-order valence-corrected chi connectivity index (χ1v) is 8.67. The summed E-state index contributed by atoms with van der Waals surface area (Å²) in [5.74, 6) is 0.567. The van der Waals surface area contributed by atoms with Crippen molar-refractivity contribution in [3.05, 3.63) is 66.1 Å². The Kier molecular flexibility index (Phi) is 4.84. The van der Waals surface area contributed by atoms with E-state index in [-0.39, 0.29) is 16.6 Å². The van der Waals surface area contributed by atoms with Crippen LogP contribution in [0.15, 0.2) is 54.7 Å². The Labute approximate surface area is 164 Å². The fourth-order valence-corrected chi connectivity index (χ4v) is 3.12. The summed E-state index contributed by atoms with van der Waals surface area (Å²) < 4.78 is 52.7. The van der Waals surface area contributed by atoms with E-state index in [0.29, 0.717) is 28.4 Å². The quantitative estimate of drug-likeness (QED) is 0.464. The lowest BCUT2D eigenvalue weighted by atomic mass is 10.1. The molecule has 0 aliphatic rings. The molecule has 4 aromatic rings. The lowest BCUT2D eigenvalue weighted by Gasteiger charge is -2.11. The van der Waals surface area contributed by atoms with Crippen molar-refractivity contribution in [2.24, 2.45) is 0 Å². The zero-order valence-corrected chi connectivity index (χ0v) is 15.6. The Morgan fingerprint density at radius 3 is 2.31 bits per heavy atom. The third kappa shape index (κ3) is 3.37. The van der Waals surface area contributed by atoms with Gasteiger partial charge in [-0.1, -0.05) is 0 Å². The van der Waals surface area contributed by atoms with E-state index in [4.69, 9.17) is 9.47 Å². The zero-order chi connectivity index (χ0) is 20.5. The lowest BCUT2D eigenvalue weighted by molar-refractivity contribution is 0.153. The minimum absolute atomic E-state index is 0.187.